The zero-order valence-corrected chi connectivity index (χ0v) is 7.51. The highest BCUT2D eigenvalue weighted by atomic mass is 16.6. The number of carbonyl (C=O) groups excluding carboxylic acids is 1. The molecule has 14 heavy (non-hydrogen) atoms. The van der Waals surface area contributed by atoms with E-state index in [2.05, 4.69) is 9.89 Å². The highest BCUT2D eigenvalue weighted by molar-refractivity contribution is 5.96. The number of hydrogen-bond acceptors (Lipinski definition) is 5. The Hall–Kier alpha value is -2.04. The van der Waals surface area contributed by atoms with Gasteiger partial charge in [0.15, 0.2) is 0 Å². The van der Waals surface area contributed by atoms with Crippen molar-refractivity contribution in [1.82, 2.24) is 0 Å². The van der Waals surface area contributed by atoms with Crippen LogP contribution in [0.2, 0.25) is 0 Å². The van der Waals surface area contributed by atoms with Gasteiger partial charge in [0.05, 0.1) is 7.11 Å². The molecule has 0 spiro atoms. The van der Waals surface area contributed by atoms with Crippen LogP contribution in [0.3, 0.4) is 0 Å². The maximum absolute atomic E-state index is 11.3. The average molecular weight is 195 g/mol. The van der Waals surface area contributed by atoms with Crippen LogP contribution >= 0.6 is 0 Å². The van der Waals surface area contributed by atoms with Crippen LogP contribution < -0.4 is 4.74 Å². The largest absolute Gasteiger partial charge is 0.496 e. The number of benzene rings is 1. The van der Waals surface area contributed by atoms with Crippen LogP contribution in [0.15, 0.2) is 29.4 Å². The van der Waals surface area contributed by atoms with Crippen LogP contribution in [0.1, 0.15) is 10.4 Å². The summed E-state index contributed by atoms with van der Waals surface area (Å²) in [4.78, 5) is 11.3. The molecule has 0 heterocycles. The highest BCUT2D eigenvalue weighted by Gasteiger charge is 2.11. The van der Waals surface area contributed by atoms with E-state index in [1.807, 2.05) is 0 Å². The molecule has 0 saturated carbocycles. The predicted octanol–water partition coefficient (Wildman–Crippen LogP) is 1.27. The predicted molar refractivity (Wildman–Crippen MR) is 48.7 cm³/mol. The second-order valence-electron chi connectivity index (χ2n) is 2.33. The molecule has 5 heteroatoms. The van der Waals surface area contributed by atoms with Crippen LogP contribution in [-0.2, 0) is 4.74 Å². The van der Waals surface area contributed by atoms with E-state index >= 15 is 0 Å². The van der Waals surface area contributed by atoms with E-state index in [4.69, 9.17) is 9.94 Å². The van der Waals surface area contributed by atoms with Crippen molar-refractivity contribution < 1.29 is 19.5 Å². The number of rotatable bonds is 3. The van der Waals surface area contributed by atoms with Crippen molar-refractivity contribution in [1.29, 1.82) is 0 Å². The Morgan fingerprint density at radius 1 is 1.50 bits per heavy atom. The van der Waals surface area contributed by atoms with Gasteiger partial charge in [-0.3, -0.25) is 0 Å². The summed E-state index contributed by atoms with van der Waals surface area (Å²) < 4.78 is 9.40. The van der Waals surface area contributed by atoms with Crippen molar-refractivity contribution in [3.63, 3.8) is 0 Å². The molecule has 0 aliphatic heterocycles. The molecule has 5 nitrogen and oxygen atoms in total. The summed E-state index contributed by atoms with van der Waals surface area (Å²) >= 11 is 0. The molecule has 0 amide bonds. The molecule has 1 N–H and O–H groups in total. The fourth-order valence-electron chi connectivity index (χ4n) is 0.948. The van der Waals surface area contributed by atoms with Gasteiger partial charge in [-0.1, -0.05) is 17.3 Å². The summed E-state index contributed by atoms with van der Waals surface area (Å²) in [5, 5.41) is 10.6. The topological polar surface area (TPSA) is 68.1 Å². The number of ether oxygens (including phenoxy) is 2. The number of oxime groups is 1. The molecule has 1 aromatic rings. The van der Waals surface area contributed by atoms with E-state index < -0.39 is 5.97 Å². The number of hydrogen-bond donors (Lipinski definition) is 1. The van der Waals surface area contributed by atoms with E-state index in [-0.39, 0.29) is 5.56 Å². The molecular formula is C9H9NO4. The molecule has 0 aliphatic carbocycles. The van der Waals surface area contributed by atoms with Crippen LogP contribution in [0.25, 0.3) is 0 Å². The van der Waals surface area contributed by atoms with E-state index in [1.54, 1.807) is 24.3 Å². The Kier molecular flexibility index (Phi) is 3.49. The molecule has 0 saturated heterocycles. The third kappa shape index (κ3) is 2.22. The lowest BCUT2D eigenvalue weighted by molar-refractivity contribution is 0.0717. The number of carbonyl (C=O) groups is 1. The van der Waals surface area contributed by atoms with Crippen LogP contribution in [0, 0.1) is 0 Å². The van der Waals surface area contributed by atoms with Crippen molar-refractivity contribution >= 4 is 12.4 Å². The minimum absolute atomic E-state index is 0.273. The lowest BCUT2D eigenvalue weighted by Crippen LogP contribution is -2.05. The Bertz CT molecular complexity index is 348. The molecule has 0 fully saturated rings. The SMILES string of the molecule is COc1ccccc1C(=O)OC=NO. The Labute approximate surface area is 80.6 Å². The molecule has 1 aromatic carbocycles. The minimum Gasteiger partial charge on any atom is -0.496 e. The van der Waals surface area contributed by atoms with Gasteiger partial charge in [-0.25, -0.2) is 4.79 Å². The quantitative estimate of drug-likeness (QED) is 0.259. The third-order valence-corrected chi connectivity index (χ3v) is 1.53. The number of methoxy groups -OCH3 is 1. The molecule has 74 valence electrons. The molecule has 1 rings (SSSR count). The zero-order chi connectivity index (χ0) is 10.4. The van der Waals surface area contributed by atoms with E-state index in [0.29, 0.717) is 12.2 Å². The summed E-state index contributed by atoms with van der Waals surface area (Å²) in [5.41, 5.74) is 0.273. The molecule has 0 aromatic heterocycles. The van der Waals surface area contributed by atoms with Crippen molar-refractivity contribution in [3.8, 4) is 5.75 Å². The lowest BCUT2D eigenvalue weighted by Gasteiger charge is -2.04. The van der Waals surface area contributed by atoms with Crippen LogP contribution in [0.4, 0.5) is 0 Å². The van der Waals surface area contributed by atoms with Gasteiger partial charge in [0, 0.05) is 0 Å². The number of para-hydroxylation sites is 1. The summed E-state index contributed by atoms with van der Waals surface area (Å²) in [6.07, 6.45) is 0.648. The second kappa shape index (κ2) is 4.86. The molecule has 0 unspecified atom stereocenters. The van der Waals surface area contributed by atoms with Crippen molar-refractivity contribution in [2.75, 3.05) is 7.11 Å². The molecule has 0 atom stereocenters. The fourth-order valence-corrected chi connectivity index (χ4v) is 0.948. The first kappa shape index (κ1) is 10.0. The summed E-state index contributed by atoms with van der Waals surface area (Å²) in [6.45, 7) is 0. The summed E-state index contributed by atoms with van der Waals surface area (Å²) in [7, 11) is 1.45. The number of nitrogens with zero attached hydrogens (tertiary/aromatic N) is 1. The van der Waals surface area contributed by atoms with Crippen LogP contribution in [-0.4, -0.2) is 24.7 Å². The Morgan fingerprint density at radius 3 is 2.86 bits per heavy atom. The average Bonchev–Trinajstić information content (AvgIpc) is 2.25. The van der Waals surface area contributed by atoms with Gasteiger partial charge in [-0.15, -0.1) is 0 Å². The van der Waals surface area contributed by atoms with Gasteiger partial charge < -0.3 is 14.7 Å². The van der Waals surface area contributed by atoms with Gasteiger partial charge >= 0.3 is 5.97 Å². The fraction of sp³-hybridized carbons (Fsp3) is 0.111. The smallest absolute Gasteiger partial charge is 0.348 e. The standard InChI is InChI=1S/C9H9NO4/c1-13-8-5-3-2-4-7(8)9(11)14-6-10-12/h2-6,12H,1H3. The second-order valence-corrected chi connectivity index (χ2v) is 2.33. The molecule has 0 radical (unpaired) electrons. The normalized spacial score (nSPS) is 10.1. The van der Waals surface area contributed by atoms with Gasteiger partial charge in [-0.05, 0) is 12.1 Å². The first-order valence-corrected chi connectivity index (χ1v) is 3.79. The van der Waals surface area contributed by atoms with E-state index in [9.17, 15) is 4.79 Å². The van der Waals surface area contributed by atoms with Crippen LogP contribution in [0.5, 0.6) is 5.75 Å². The number of esters is 1. The highest BCUT2D eigenvalue weighted by Crippen LogP contribution is 2.17. The lowest BCUT2D eigenvalue weighted by atomic mass is 10.2. The van der Waals surface area contributed by atoms with E-state index in [0.717, 1.165) is 0 Å². The minimum atomic E-state index is -0.639. The first-order valence-electron chi connectivity index (χ1n) is 3.79. The first-order chi connectivity index (χ1) is 6.79. The Morgan fingerprint density at radius 2 is 2.21 bits per heavy atom. The zero-order valence-electron chi connectivity index (χ0n) is 7.51. The molecular weight excluding hydrogens is 186 g/mol. The summed E-state index contributed by atoms with van der Waals surface area (Å²) in [6, 6.07) is 6.59. The van der Waals surface area contributed by atoms with Gasteiger partial charge in [0.2, 0.25) is 6.40 Å². The monoisotopic (exact) mass is 195 g/mol. The summed E-state index contributed by atoms with van der Waals surface area (Å²) in [5.74, 6) is -0.232. The van der Waals surface area contributed by atoms with Crippen molar-refractivity contribution in [2.45, 2.75) is 0 Å². The molecule has 0 bridgehead atoms. The van der Waals surface area contributed by atoms with Crippen molar-refractivity contribution in [3.05, 3.63) is 29.8 Å². The van der Waals surface area contributed by atoms with Gasteiger partial charge in [-0.2, -0.15) is 0 Å². The van der Waals surface area contributed by atoms with Crippen molar-refractivity contribution in [2.24, 2.45) is 5.16 Å². The third-order valence-electron chi connectivity index (χ3n) is 1.53. The maximum Gasteiger partial charge on any atom is 0.348 e. The maximum atomic E-state index is 11.3. The van der Waals surface area contributed by atoms with Gasteiger partial charge in [0.25, 0.3) is 0 Å². The van der Waals surface area contributed by atoms with E-state index in [1.165, 1.54) is 7.11 Å². The Balaban J connectivity index is 2.88. The van der Waals surface area contributed by atoms with Gasteiger partial charge in [0.1, 0.15) is 11.3 Å². The molecule has 0 aliphatic rings.